The van der Waals surface area contributed by atoms with Crippen molar-refractivity contribution in [1.29, 1.82) is 0 Å². The van der Waals surface area contributed by atoms with Gasteiger partial charge in [0.1, 0.15) is 5.82 Å². The number of benzene rings is 1. The highest BCUT2D eigenvalue weighted by molar-refractivity contribution is 14.0. The van der Waals surface area contributed by atoms with Crippen molar-refractivity contribution in [2.24, 2.45) is 10.4 Å². The van der Waals surface area contributed by atoms with Crippen molar-refractivity contribution in [2.45, 2.75) is 20.4 Å². The lowest BCUT2D eigenvalue weighted by atomic mass is 9.92. The third kappa shape index (κ3) is 6.72. The summed E-state index contributed by atoms with van der Waals surface area (Å²) in [5.74, 6) is 0.402. The number of carbonyl (C=O) groups excluding carboxylic acids is 1. The van der Waals surface area contributed by atoms with Crippen molar-refractivity contribution in [3.63, 3.8) is 0 Å². The Kier molecular flexibility index (Phi) is 9.11. The van der Waals surface area contributed by atoms with Gasteiger partial charge in [0.2, 0.25) is 5.91 Å². The number of nitrogens with one attached hydrogen (secondary N) is 2. The predicted molar refractivity (Wildman–Crippen MR) is 102 cm³/mol. The first-order valence-electron chi connectivity index (χ1n) is 7.18. The van der Waals surface area contributed by atoms with Crippen molar-refractivity contribution < 1.29 is 9.18 Å². The van der Waals surface area contributed by atoms with Gasteiger partial charge >= 0.3 is 0 Å². The van der Waals surface area contributed by atoms with E-state index in [1.165, 1.54) is 12.1 Å². The summed E-state index contributed by atoms with van der Waals surface area (Å²) in [6.07, 6.45) is 0. The fraction of sp³-hybridized carbons (Fsp3) is 0.500. The van der Waals surface area contributed by atoms with E-state index < -0.39 is 5.41 Å². The molecule has 0 heterocycles. The summed E-state index contributed by atoms with van der Waals surface area (Å²) < 4.78 is 12.9. The minimum absolute atomic E-state index is 0. The standard InChI is InChI=1S/C16H25FN4O.HI/c1-16(2,14(22)18-3)11-20-15(19-4)21(5)10-12-6-8-13(17)9-7-12;/h6-9H,10-11H2,1-5H3,(H,18,22)(H,19,20);1H. The molecular formula is C16H26FIN4O. The van der Waals surface area contributed by atoms with Crippen molar-refractivity contribution in [3.05, 3.63) is 35.6 Å². The molecule has 23 heavy (non-hydrogen) atoms. The zero-order valence-corrected chi connectivity index (χ0v) is 16.6. The van der Waals surface area contributed by atoms with Crippen LogP contribution in [0.4, 0.5) is 4.39 Å². The van der Waals surface area contributed by atoms with E-state index in [-0.39, 0.29) is 35.7 Å². The number of halogens is 2. The molecule has 1 aromatic carbocycles. The minimum atomic E-state index is -0.540. The molecule has 1 aromatic rings. The van der Waals surface area contributed by atoms with Crippen LogP contribution in [0.5, 0.6) is 0 Å². The Bertz CT molecular complexity index is 531. The molecule has 0 aliphatic rings. The number of aliphatic imine (C=N–C) groups is 1. The van der Waals surface area contributed by atoms with Crippen LogP contribution in [0.2, 0.25) is 0 Å². The smallest absolute Gasteiger partial charge is 0.227 e. The molecule has 0 aromatic heterocycles. The fourth-order valence-electron chi connectivity index (χ4n) is 2.04. The second-order valence-corrected chi connectivity index (χ2v) is 5.85. The molecule has 1 rings (SSSR count). The zero-order valence-electron chi connectivity index (χ0n) is 14.3. The first kappa shape index (κ1) is 21.6. The number of rotatable bonds is 5. The van der Waals surface area contributed by atoms with Gasteiger partial charge in [-0.25, -0.2) is 4.39 Å². The van der Waals surface area contributed by atoms with Gasteiger partial charge < -0.3 is 15.5 Å². The van der Waals surface area contributed by atoms with Crippen LogP contribution < -0.4 is 10.6 Å². The molecule has 0 unspecified atom stereocenters. The van der Waals surface area contributed by atoms with Crippen LogP contribution in [0.15, 0.2) is 29.3 Å². The molecule has 0 aliphatic carbocycles. The quantitative estimate of drug-likeness (QED) is 0.423. The van der Waals surface area contributed by atoms with E-state index >= 15 is 0 Å². The molecule has 0 saturated carbocycles. The second-order valence-electron chi connectivity index (χ2n) is 5.85. The number of hydrogen-bond donors (Lipinski definition) is 2. The number of nitrogens with zero attached hydrogens (tertiary/aromatic N) is 2. The molecule has 7 heteroatoms. The second kappa shape index (κ2) is 9.69. The van der Waals surface area contributed by atoms with E-state index in [1.807, 2.05) is 25.8 Å². The van der Waals surface area contributed by atoms with Crippen LogP contribution in [0.25, 0.3) is 0 Å². The Morgan fingerprint density at radius 3 is 2.35 bits per heavy atom. The summed E-state index contributed by atoms with van der Waals surface area (Å²) >= 11 is 0. The third-order valence-corrected chi connectivity index (χ3v) is 3.44. The molecule has 0 spiro atoms. The first-order valence-corrected chi connectivity index (χ1v) is 7.18. The predicted octanol–water partition coefficient (Wildman–Crippen LogP) is 2.22. The van der Waals surface area contributed by atoms with Gasteiger partial charge in [0.15, 0.2) is 5.96 Å². The minimum Gasteiger partial charge on any atom is -0.359 e. The van der Waals surface area contributed by atoms with Crippen LogP contribution in [0.3, 0.4) is 0 Å². The molecule has 5 nitrogen and oxygen atoms in total. The molecular weight excluding hydrogens is 410 g/mol. The van der Waals surface area contributed by atoms with E-state index in [4.69, 9.17) is 0 Å². The van der Waals surface area contributed by atoms with Crippen molar-refractivity contribution in [2.75, 3.05) is 27.7 Å². The Hall–Kier alpha value is -1.38. The molecule has 0 aliphatic heterocycles. The Balaban J connectivity index is 0.00000484. The Labute approximate surface area is 154 Å². The molecule has 0 saturated heterocycles. The van der Waals surface area contributed by atoms with Crippen LogP contribution in [-0.4, -0.2) is 44.5 Å². The lowest BCUT2D eigenvalue weighted by Crippen LogP contribution is -2.47. The van der Waals surface area contributed by atoms with Gasteiger partial charge in [-0.3, -0.25) is 9.79 Å². The monoisotopic (exact) mass is 436 g/mol. The Morgan fingerprint density at radius 1 is 1.30 bits per heavy atom. The van der Waals surface area contributed by atoms with E-state index in [2.05, 4.69) is 15.6 Å². The summed E-state index contributed by atoms with van der Waals surface area (Å²) in [5, 5.41) is 5.85. The summed E-state index contributed by atoms with van der Waals surface area (Å²) in [7, 11) is 5.21. The largest absolute Gasteiger partial charge is 0.359 e. The molecule has 2 N–H and O–H groups in total. The van der Waals surface area contributed by atoms with E-state index in [0.717, 1.165) is 5.56 Å². The third-order valence-electron chi connectivity index (χ3n) is 3.44. The summed E-state index contributed by atoms with van der Waals surface area (Å²) in [6, 6.07) is 6.36. The van der Waals surface area contributed by atoms with E-state index in [0.29, 0.717) is 19.0 Å². The first-order chi connectivity index (χ1) is 10.3. The van der Waals surface area contributed by atoms with Gasteiger partial charge in [0.05, 0.1) is 5.41 Å². The lowest BCUT2D eigenvalue weighted by Gasteiger charge is -2.27. The van der Waals surface area contributed by atoms with E-state index in [1.54, 1.807) is 26.2 Å². The maximum Gasteiger partial charge on any atom is 0.227 e. The maximum atomic E-state index is 12.9. The lowest BCUT2D eigenvalue weighted by molar-refractivity contribution is -0.128. The van der Waals surface area contributed by atoms with Crippen molar-refractivity contribution in [3.8, 4) is 0 Å². The Morgan fingerprint density at radius 2 is 1.87 bits per heavy atom. The van der Waals surface area contributed by atoms with Gasteiger partial charge in [-0.05, 0) is 31.5 Å². The number of carbonyl (C=O) groups is 1. The summed E-state index contributed by atoms with van der Waals surface area (Å²) in [5.41, 5.74) is 0.443. The zero-order chi connectivity index (χ0) is 16.8. The van der Waals surface area contributed by atoms with Gasteiger partial charge in [0.25, 0.3) is 0 Å². The molecule has 0 fully saturated rings. The molecule has 0 bridgehead atoms. The van der Waals surface area contributed by atoms with E-state index in [9.17, 15) is 9.18 Å². The summed E-state index contributed by atoms with van der Waals surface area (Å²) in [4.78, 5) is 17.9. The average molecular weight is 436 g/mol. The normalized spacial score (nSPS) is 11.5. The fourth-order valence-corrected chi connectivity index (χ4v) is 2.04. The van der Waals surface area contributed by atoms with Gasteiger partial charge in [-0.1, -0.05) is 12.1 Å². The molecule has 0 atom stereocenters. The average Bonchev–Trinajstić information content (AvgIpc) is 2.49. The number of guanidine groups is 1. The van der Waals surface area contributed by atoms with Crippen molar-refractivity contribution in [1.82, 2.24) is 15.5 Å². The van der Waals surface area contributed by atoms with Crippen LogP contribution in [-0.2, 0) is 11.3 Å². The van der Waals surface area contributed by atoms with Gasteiger partial charge in [-0.2, -0.15) is 0 Å². The highest BCUT2D eigenvalue weighted by Gasteiger charge is 2.27. The summed E-state index contributed by atoms with van der Waals surface area (Å²) in [6.45, 7) is 4.80. The number of amides is 1. The maximum absolute atomic E-state index is 12.9. The van der Waals surface area contributed by atoms with Gasteiger partial charge in [-0.15, -0.1) is 24.0 Å². The van der Waals surface area contributed by atoms with Gasteiger partial charge in [0, 0.05) is 34.2 Å². The highest BCUT2D eigenvalue weighted by atomic mass is 127. The van der Waals surface area contributed by atoms with Crippen molar-refractivity contribution >= 4 is 35.8 Å². The molecule has 0 radical (unpaired) electrons. The molecule has 1 amide bonds. The topological polar surface area (TPSA) is 56.7 Å². The SMILES string of the molecule is CN=C(NCC(C)(C)C(=O)NC)N(C)Cc1ccc(F)cc1.I. The molecule has 130 valence electrons. The van der Waals surface area contributed by atoms with Crippen LogP contribution >= 0.6 is 24.0 Å². The highest BCUT2D eigenvalue weighted by Crippen LogP contribution is 2.13. The van der Waals surface area contributed by atoms with Crippen LogP contribution in [0, 0.1) is 11.2 Å². The number of hydrogen-bond acceptors (Lipinski definition) is 2. The van der Waals surface area contributed by atoms with Crippen LogP contribution in [0.1, 0.15) is 19.4 Å².